The number of aromatic carboxylic acids is 1. The van der Waals surface area contributed by atoms with Gasteiger partial charge in [0.15, 0.2) is 10.8 Å². The van der Waals surface area contributed by atoms with Crippen molar-refractivity contribution in [3.8, 4) is 5.75 Å². The maximum Gasteiger partial charge on any atom is 0.547 e. The lowest BCUT2D eigenvalue weighted by Gasteiger charge is -2.28. The van der Waals surface area contributed by atoms with Crippen LogP contribution in [0, 0.1) is 5.82 Å². The van der Waals surface area contributed by atoms with E-state index in [0.29, 0.717) is 0 Å². The van der Waals surface area contributed by atoms with Crippen LogP contribution in [-0.4, -0.2) is 51.0 Å². The van der Waals surface area contributed by atoms with Crippen molar-refractivity contribution in [3.05, 3.63) is 40.2 Å². The molecule has 1 aliphatic rings. The molecule has 140 valence electrons. The molecule has 3 rings (SSSR count). The van der Waals surface area contributed by atoms with E-state index in [1.165, 1.54) is 5.38 Å². The molecule has 0 bridgehead atoms. The summed E-state index contributed by atoms with van der Waals surface area (Å²) in [5.41, 5.74) is 4.79. The number of hydrogen-bond acceptors (Lipinski definition) is 9. The molecule has 0 radical (unpaired) electrons. The monoisotopic (exact) mass is 394 g/mol. The van der Waals surface area contributed by atoms with Crippen LogP contribution >= 0.6 is 11.3 Å². The Labute approximate surface area is 155 Å². The third-order valence-electron chi connectivity index (χ3n) is 3.78. The predicted octanol–water partition coefficient (Wildman–Crippen LogP) is -0.119. The van der Waals surface area contributed by atoms with Crippen molar-refractivity contribution in [3.63, 3.8) is 0 Å². The molecule has 1 atom stereocenters. The number of nitrogens with two attached hydrogens (primary N) is 1. The zero-order valence-electron chi connectivity index (χ0n) is 13.4. The highest BCUT2D eigenvalue weighted by Gasteiger charge is 2.39. The summed E-state index contributed by atoms with van der Waals surface area (Å²) in [5.74, 6) is -4.33. The molecule has 0 spiro atoms. The molecule has 1 amide bonds. The van der Waals surface area contributed by atoms with Gasteiger partial charge < -0.3 is 31.0 Å². The van der Waals surface area contributed by atoms with Crippen molar-refractivity contribution in [1.82, 2.24) is 10.3 Å². The van der Waals surface area contributed by atoms with Crippen LogP contribution in [0.2, 0.25) is 0 Å². The molecule has 27 heavy (non-hydrogen) atoms. The summed E-state index contributed by atoms with van der Waals surface area (Å²) < 4.78 is 18.8. The number of amides is 1. The summed E-state index contributed by atoms with van der Waals surface area (Å²) >= 11 is 1.03. The fraction of sp³-hybridized carbons (Fsp3) is 0.143. The molecule has 0 aliphatic carbocycles. The molecule has 2 aromatic rings. The number of carbonyl (C=O) groups is 2. The number of fused-ring (bicyclic) bond motifs is 1. The largest absolute Gasteiger partial charge is 0.547 e. The quantitative estimate of drug-likeness (QED) is 0.207. The van der Waals surface area contributed by atoms with Crippen LogP contribution in [0.3, 0.4) is 0 Å². The third-order valence-corrected chi connectivity index (χ3v) is 4.45. The van der Waals surface area contributed by atoms with E-state index in [-0.39, 0.29) is 28.6 Å². The van der Waals surface area contributed by atoms with E-state index < -0.39 is 42.0 Å². The smallest absolute Gasteiger partial charge is 0.534 e. The van der Waals surface area contributed by atoms with E-state index in [1.54, 1.807) is 0 Å². The van der Waals surface area contributed by atoms with E-state index in [4.69, 9.17) is 20.7 Å². The van der Waals surface area contributed by atoms with E-state index in [0.717, 1.165) is 23.5 Å². The molecular formula is C14H12BFN4O6S. The Morgan fingerprint density at radius 2 is 2.22 bits per heavy atom. The van der Waals surface area contributed by atoms with E-state index in [1.807, 2.05) is 0 Å². The third kappa shape index (κ3) is 3.68. The molecule has 2 heterocycles. The maximum atomic E-state index is 13.7. The second-order valence-corrected chi connectivity index (χ2v) is 6.45. The number of nitrogen functional groups attached to an aromatic ring is 1. The van der Waals surface area contributed by atoms with Gasteiger partial charge in [0.05, 0.1) is 5.94 Å². The van der Waals surface area contributed by atoms with Crippen LogP contribution in [0.5, 0.6) is 5.75 Å². The normalized spacial score (nSPS) is 16.4. The number of hydrogen-bond donors (Lipinski definition) is 5. The lowest BCUT2D eigenvalue weighted by Crippen LogP contribution is -2.54. The SMILES string of the molecule is Nc1nc(C(=NO)C(=O)NC2Cc3cc(F)cc(C(=O)O)c3OB2O)cs1. The molecule has 1 aromatic carbocycles. The van der Waals surface area contributed by atoms with Crippen LogP contribution in [0.15, 0.2) is 22.7 Å². The van der Waals surface area contributed by atoms with Gasteiger partial charge >= 0.3 is 13.1 Å². The zero-order chi connectivity index (χ0) is 19.7. The van der Waals surface area contributed by atoms with Crippen molar-refractivity contribution in [1.29, 1.82) is 0 Å². The highest BCUT2D eigenvalue weighted by Crippen LogP contribution is 2.31. The minimum Gasteiger partial charge on any atom is -0.534 e. The lowest BCUT2D eigenvalue weighted by molar-refractivity contribution is -0.115. The van der Waals surface area contributed by atoms with Crippen molar-refractivity contribution < 1.29 is 34.0 Å². The predicted molar refractivity (Wildman–Crippen MR) is 92.4 cm³/mol. The van der Waals surface area contributed by atoms with Crippen molar-refractivity contribution in [2.45, 2.75) is 12.4 Å². The van der Waals surface area contributed by atoms with E-state index in [9.17, 15) is 19.0 Å². The van der Waals surface area contributed by atoms with Crippen molar-refractivity contribution in [2.75, 3.05) is 5.73 Å². The second kappa shape index (κ2) is 7.21. The number of aromatic nitrogens is 1. The highest BCUT2D eigenvalue weighted by atomic mass is 32.1. The number of nitrogens with one attached hydrogen (secondary N) is 1. The number of carboxylic acids is 1. The Balaban J connectivity index is 1.83. The first-order chi connectivity index (χ1) is 12.8. The van der Waals surface area contributed by atoms with Crippen LogP contribution in [-0.2, 0) is 11.2 Å². The number of carbonyl (C=O) groups excluding carboxylic acids is 1. The number of thiazole rings is 1. The summed E-state index contributed by atoms with van der Waals surface area (Å²) in [4.78, 5) is 27.4. The van der Waals surface area contributed by atoms with Gasteiger partial charge in [0.25, 0.3) is 5.91 Å². The Morgan fingerprint density at radius 3 is 2.81 bits per heavy atom. The topological polar surface area (TPSA) is 167 Å². The fourth-order valence-electron chi connectivity index (χ4n) is 2.61. The number of halogens is 1. The fourth-order valence-corrected chi connectivity index (χ4v) is 3.16. The number of nitrogens with zero attached hydrogens (tertiary/aromatic N) is 2. The van der Waals surface area contributed by atoms with Crippen LogP contribution in [0.25, 0.3) is 0 Å². The van der Waals surface area contributed by atoms with Gasteiger partial charge in [0.2, 0.25) is 0 Å². The summed E-state index contributed by atoms with van der Waals surface area (Å²) in [6.45, 7) is 0. The van der Waals surface area contributed by atoms with Gasteiger partial charge in [0.1, 0.15) is 22.8 Å². The zero-order valence-corrected chi connectivity index (χ0v) is 14.2. The van der Waals surface area contributed by atoms with Gasteiger partial charge in [0, 0.05) is 5.38 Å². The van der Waals surface area contributed by atoms with Gasteiger partial charge in [-0.1, -0.05) is 5.16 Å². The average Bonchev–Trinajstić information content (AvgIpc) is 3.02. The maximum absolute atomic E-state index is 13.7. The summed E-state index contributed by atoms with van der Waals surface area (Å²) in [6, 6.07) is 1.82. The first-order valence-electron chi connectivity index (χ1n) is 7.45. The number of carboxylic acid groups (broad SMARTS) is 1. The van der Waals surface area contributed by atoms with Gasteiger partial charge in [-0.05, 0) is 24.1 Å². The Morgan fingerprint density at radius 1 is 1.48 bits per heavy atom. The summed E-state index contributed by atoms with van der Waals surface area (Å²) in [5, 5.41) is 35.2. The minimum absolute atomic E-state index is 0.0309. The van der Waals surface area contributed by atoms with Crippen LogP contribution in [0.4, 0.5) is 9.52 Å². The molecule has 1 aromatic heterocycles. The van der Waals surface area contributed by atoms with E-state index >= 15 is 0 Å². The molecule has 13 heteroatoms. The van der Waals surface area contributed by atoms with Crippen molar-refractivity contribution >= 4 is 41.2 Å². The molecule has 1 unspecified atom stereocenters. The Bertz CT molecular complexity index is 952. The Hall–Kier alpha value is -3.19. The molecular weight excluding hydrogens is 382 g/mol. The molecule has 6 N–H and O–H groups in total. The second-order valence-electron chi connectivity index (χ2n) is 5.56. The lowest BCUT2D eigenvalue weighted by atomic mass is 9.72. The average molecular weight is 394 g/mol. The van der Waals surface area contributed by atoms with Gasteiger partial charge in [-0.15, -0.1) is 11.3 Å². The number of anilines is 1. The number of oxime groups is 1. The summed E-state index contributed by atoms with van der Waals surface area (Å²) in [6.07, 6.45) is -0.113. The summed E-state index contributed by atoms with van der Waals surface area (Å²) in [7, 11) is -1.61. The molecule has 0 saturated heterocycles. The first-order valence-corrected chi connectivity index (χ1v) is 8.33. The van der Waals surface area contributed by atoms with Gasteiger partial charge in [-0.2, -0.15) is 0 Å². The molecule has 1 aliphatic heterocycles. The molecule has 0 saturated carbocycles. The molecule has 10 nitrogen and oxygen atoms in total. The minimum atomic E-state index is -1.61. The van der Waals surface area contributed by atoms with Crippen LogP contribution in [0.1, 0.15) is 21.6 Å². The van der Waals surface area contributed by atoms with Crippen molar-refractivity contribution in [2.24, 2.45) is 5.16 Å². The van der Waals surface area contributed by atoms with E-state index in [2.05, 4.69) is 15.5 Å². The number of rotatable bonds is 4. The highest BCUT2D eigenvalue weighted by molar-refractivity contribution is 7.13. The first kappa shape index (κ1) is 18.6. The molecule has 0 fully saturated rings. The number of benzene rings is 1. The standard InChI is InChI=1S/C14H12BFN4O6S/c16-6-1-5-2-9(15(24)26-11(5)7(3-6)13(22)23)19-12(21)10(20-25)8-4-27-14(17)18-8/h1,3-4,9,24-25H,2H2,(H2,17,18)(H,19,21)(H,22,23). The Kier molecular flexibility index (Phi) is 4.96. The van der Waals surface area contributed by atoms with Gasteiger partial charge in [-0.3, -0.25) is 4.79 Å². The van der Waals surface area contributed by atoms with Crippen LogP contribution < -0.4 is 15.7 Å². The van der Waals surface area contributed by atoms with Gasteiger partial charge in [-0.25, -0.2) is 14.2 Å².